The van der Waals surface area contributed by atoms with Crippen LogP contribution < -0.4 is 5.32 Å². The molecule has 3 spiro atoms. The molecule has 5 fully saturated rings. The third-order valence-electron chi connectivity index (χ3n) is 8.07. The van der Waals surface area contributed by atoms with Crippen molar-refractivity contribution >= 4 is 5.69 Å². The van der Waals surface area contributed by atoms with Gasteiger partial charge in [0, 0.05) is 17.1 Å². The minimum atomic E-state index is -0.192. The normalized spacial score (nSPS) is 51.1. The van der Waals surface area contributed by atoms with E-state index in [9.17, 15) is 5.11 Å². The van der Waals surface area contributed by atoms with Crippen LogP contribution in [-0.2, 0) is 5.41 Å². The summed E-state index contributed by atoms with van der Waals surface area (Å²) in [4.78, 5) is 2.78. The van der Waals surface area contributed by atoms with Crippen LogP contribution in [0.5, 0.6) is 0 Å². The van der Waals surface area contributed by atoms with Gasteiger partial charge in [-0.15, -0.1) is 0 Å². The van der Waals surface area contributed by atoms with E-state index >= 15 is 0 Å². The van der Waals surface area contributed by atoms with E-state index in [1.54, 1.807) is 0 Å². The second-order valence-electron chi connectivity index (χ2n) is 8.49. The SMILES string of the molecule is O[C@@H]1C[C@@]23CCCN4CC[C@@]5(c6ccccc6N[C@]15CC2)[C@@H]43. The average molecular weight is 296 g/mol. The highest BCUT2D eigenvalue weighted by atomic mass is 16.3. The number of hydrogen-bond acceptors (Lipinski definition) is 3. The second kappa shape index (κ2) is 3.54. The molecule has 3 aliphatic carbocycles. The second-order valence-corrected chi connectivity index (χ2v) is 8.49. The van der Waals surface area contributed by atoms with E-state index in [4.69, 9.17) is 0 Å². The molecule has 0 aromatic heterocycles. The van der Waals surface area contributed by atoms with E-state index < -0.39 is 0 Å². The summed E-state index contributed by atoms with van der Waals surface area (Å²) in [6, 6.07) is 9.56. The van der Waals surface area contributed by atoms with Crippen LogP contribution in [0.4, 0.5) is 5.69 Å². The maximum absolute atomic E-state index is 11.2. The Kier molecular flexibility index (Phi) is 1.99. The molecular formula is C19H24N2O. The minimum Gasteiger partial charge on any atom is -0.391 e. The van der Waals surface area contributed by atoms with Gasteiger partial charge in [-0.2, -0.15) is 0 Å². The molecule has 3 heteroatoms. The van der Waals surface area contributed by atoms with Crippen molar-refractivity contribution in [3.8, 4) is 0 Å². The lowest BCUT2D eigenvalue weighted by molar-refractivity contribution is -0.155. The van der Waals surface area contributed by atoms with Crippen LogP contribution in [0.2, 0.25) is 0 Å². The van der Waals surface area contributed by atoms with Gasteiger partial charge in [-0.25, -0.2) is 0 Å². The molecule has 3 saturated carbocycles. The molecule has 6 aliphatic rings. The van der Waals surface area contributed by atoms with Gasteiger partial charge in [0.15, 0.2) is 0 Å². The van der Waals surface area contributed by atoms with E-state index in [1.165, 1.54) is 50.0 Å². The minimum absolute atomic E-state index is 0.102. The molecule has 2 bridgehead atoms. The van der Waals surface area contributed by atoms with Gasteiger partial charge in [0.05, 0.1) is 11.6 Å². The quantitative estimate of drug-likeness (QED) is 0.772. The van der Waals surface area contributed by atoms with Crippen LogP contribution in [0.15, 0.2) is 24.3 Å². The monoisotopic (exact) mass is 296 g/mol. The van der Waals surface area contributed by atoms with Crippen molar-refractivity contribution in [2.45, 2.75) is 61.6 Å². The van der Waals surface area contributed by atoms with Gasteiger partial charge >= 0.3 is 0 Å². The van der Waals surface area contributed by atoms with Gasteiger partial charge in [-0.3, -0.25) is 4.90 Å². The van der Waals surface area contributed by atoms with Crippen molar-refractivity contribution in [2.24, 2.45) is 5.41 Å². The lowest BCUT2D eigenvalue weighted by Crippen LogP contribution is -2.77. The molecule has 2 saturated heterocycles. The number of aliphatic hydroxyl groups is 1. The Balaban J connectivity index is 1.68. The molecule has 116 valence electrons. The number of benzene rings is 1. The third-order valence-corrected chi connectivity index (χ3v) is 8.07. The van der Waals surface area contributed by atoms with Crippen molar-refractivity contribution in [3.63, 3.8) is 0 Å². The van der Waals surface area contributed by atoms with Gasteiger partial charge < -0.3 is 10.4 Å². The predicted molar refractivity (Wildman–Crippen MR) is 86.0 cm³/mol. The molecule has 0 unspecified atom stereocenters. The standard InChI is InChI=1S/C19H24N2O/c22-15-12-17-6-3-10-21-11-9-18(16(17)21)13-4-1-2-5-14(13)20-19(15,18)8-7-17/h1-2,4-5,15-16,20,22H,3,6-12H2/t15-,16+,17-,18-,19-/m1/s1. The summed E-state index contributed by atoms with van der Waals surface area (Å²) in [5, 5.41) is 15.1. The highest BCUT2D eigenvalue weighted by Gasteiger charge is 2.77. The number of fused-ring (bicyclic) bond motifs is 3. The van der Waals surface area contributed by atoms with E-state index in [2.05, 4.69) is 34.5 Å². The van der Waals surface area contributed by atoms with Gasteiger partial charge in [0.2, 0.25) is 0 Å². The molecule has 2 N–H and O–H groups in total. The zero-order valence-corrected chi connectivity index (χ0v) is 13.0. The molecule has 7 rings (SSSR count). The fraction of sp³-hybridized carbons (Fsp3) is 0.684. The molecule has 22 heavy (non-hydrogen) atoms. The Morgan fingerprint density at radius 2 is 2.00 bits per heavy atom. The van der Waals surface area contributed by atoms with Crippen molar-refractivity contribution in [1.29, 1.82) is 0 Å². The summed E-state index contributed by atoms with van der Waals surface area (Å²) in [5.74, 6) is 0. The van der Waals surface area contributed by atoms with E-state index in [1.807, 2.05) is 0 Å². The van der Waals surface area contributed by atoms with E-state index in [0.717, 1.165) is 12.8 Å². The Bertz CT molecular complexity index is 675. The largest absolute Gasteiger partial charge is 0.391 e. The van der Waals surface area contributed by atoms with Crippen LogP contribution >= 0.6 is 0 Å². The number of nitrogens with one attached hydrogen (secondary N) is 1. The zero-order chi connectivity index (χ0) is 14.6. The van der Waals surface area contributed by atoms with Gasteiger partial charge in [-0.1, -0.05) is 18.2 Å². The zero-order valence-electron chi connectivity index (χ0n) is 13.0. The molecule has 3 nitrogen and oxygen atoms in total. The van der Waals surface area contributed by atoms with Crippen molar-refractivity contribution < 1.29 is 5.11 Å². The lowest BCUT2D eigenvalue weighted by Gasteiger charge is -2.68. The van der Waals surface area contributed by atoms with Crippen molar-refractivity contribution in [3.05, 3.63) is 29.8 Å². The lowest BCUT2D eigenvalue weighted by atomic mass is 9.41. The number of aliphatic hydroxyl groups excluding tert-OH is 1. The number of rotatable bonds is 0. The fourth-order valence-corrected chi connectivity index (χ4v) is 7.56. The molecule has 3 aliphatic heterocycles. The van der Waals surface area contributed by atoms with Gasteiger partial charge in [0.1, 0.15) is 0 Å². The van der Waals surface area contributed by atoms with E-state index in [0.29, 0.717) is 11.5 Å². The van der Waals surface area contributed by atoms with Gasteiger partial charge in [-0.05, 0) is 68.7 Å². The molecule has 1 aromatic rings. The Hall–Kier alpha value is -1.06. The van der Waals surface area contributed by atoms with Crippen LogP contribution in [0, 0.1) is 5.41 Å². The number of anilines is 1. The van der Waals surface area contributed by atoms with Crippen LogP contribution in [0.25, 0.3) is 0 Å². The van der Waals surface area contributed by atoms with Crippen LogP contribution in [0.3, 0.4) is 0 Å². The first-order chi connectivity index (χ1) is 10.7. The van der Waals surface area contributed by atoms with Crippen molar-refractivity contribution in [1.82, 2.24) is 4.90 Å². The summed E-state index contributed by atoms with van der Waals surface area (Å²) in [6.07, 6.45) is 7.13. The number of nitrogens with zero attached hydrogens (tertiary/aromatic N) is 1. The molecule has 0 amide bonds. The molecule has 0 radical (unpaired) electrons. The summed E-state index contributed by atoms with van der Waals surface area (Å²) >= 11 is 0. The van der Waals surface area contributed by atoms with Gasteiger partial charge in [0.25, 0.3) is 0 Å². The maximum Gasteiger partial charge on any atom is 0.0785 e. The predicted octanol–water partition coefficient (Wildman–Crippen LogP) is 2.50. The summed E-state index contributed by atoms with van der Waals surface area (Å²) in [6.45, 7) is 2.49. The van der Waals surface area contributed by atoms with Crippen LogP contribution in [0.1, 0.15) is 44.1 Å². The Morgan fingerprint density at radius 1 is 1.09 bits per heavy atom. The number of hydrogen-bond donors (Lipinski definition) is 2. The topological polar surface area (TPSA) is 35.5 Å². The molecule has 3 heterocycles. The van der Waals surface area contributed by atoms with Crippen molar-refractivity contribution in [2.75, 3.05) is 18.4 Å². The summed E-state index contributed by atoms with van der Waals surface area (Å²) in [7, 11) is 0. The Morgan fingerprint density at radius 3 is 2.91 bits per heavy atom. The highest BCUT2D eigenvalue weighted by Crippen LogP contribution is 2.72. The highest BCUT2D eigenvalue weighted by molar-refractivity contribution is 5.68. The first kappa shape index (κ1) is 12.4. The Labute approximate surface area is 131 Å². The molecule has 5 atom stereocenters. The smallest absolute Gasteiger partial charge is 0.0785 e. The molecular weight excluding hydrogens is 272 g/mol. The molecule has 1 aromatic carbocycles. The third kappa shape index (κ3) is 1.03. The maximum atomic E-state index is 11.2. The first-order valence-electron chi connectivity index (χ1n) is 9.02. The first-order valence-corrected chi connectivity index (χ1v) is 9.02. The fourth-order valence-electron chi connectivity index (χ4n) is 7.56. The van der Waals surface area contributed by atoms with E-state index in [-0.39, 0.29) is 17.1 Å². The average Bonchev–Trinajstić information content (AvgIpc) is 3.07. The number of para-hydroxylation sites is 1. The number of piperidine rings is 1. The summed E-state index contributed by atoms with van der Waals surface area (Å²) in [5.41, 5.74) is 3.23. The van der Waals surface area contributed by atoms with Crippen LogP contribution in [-0.4, -0.2) is 40.8 Å². The summed E-state index contributed by atoms with van der Waals surface area (Å²) < 4.78 is 0.